The van der Waals surface area contributed by atoms with Crippen LogP contribution >= 0.6 is 0 Å². The summed E-state index contributed by atoms with van der Waals surface area (Å²) in [4.78, 5) is 0. The van der Waals surface area contributed by atoms with Crippen LogP contribution in [0.25, 0.3) is 0 Å². The predicted molar refractivity (Wildman–Crippen MR) is 66.6 cm³/mol. The second kappa shape index (κ2) is 5.36. The van der Waals surface area contributed by atoms with E-state index >= 15 is 0 Å². The molecule has 0 aromatic heterocycles. The van der Waals surface area contributed by atoms with E-state index in [1.54, 1.807) is 0 Å². The number of ether oxygens (including phenoxy) is 1. The van der Waals surface area contributed by atoms with Gasteiger partial charge in [0.2, 0.25) is 0 Å². The standard InChI is InChI=1S/C15H15O/c1-2-8-13-9-6-7-12-15(13)16-14-10-4-3-5-11-14/h2-7,9-12H,8H2,1H3. The molecule has 0 saturated carbocycles. The SMILES string of the molecule is C[CH]Cc1ccccc1Oc1ccccc1. The molecule has 1 nitrogen and oxygen atoms in total. The highest BCUT2D eigenvalue weighted by Crippen LogP contribution is 2.25. The Hall–Kier alpha value is -1.76. The molecule has 2 rings (SSSR count). The van der Waals surface area contributed by atoms with Gasteiger partial charge in [0.25, 0.3) is 0 Å². The van der Waals surface area contributed by atoms with Gasteiger partial charge in [-0.15, -0.1) is 0 Å². The summed E-state index contributed by atoms with van der Waals surface area (Å²) >= 11 is 0. The Morgan fingerprint density at radius 3 is 2.38 bits per heavy atom. The van der Waals surface area contributed by atoms with Gasteiger partial charge in [-0.2, -0.15) is 0 Å². The Kier molecular flexibility index (Phi) is 3.60. The third-order valence-corrected chi connectivity index (χ3v) is 2.37. The smallest absolute Gasteiger partial charge is 0.130 e. The average Bonchev–Trinajstić information content (AvgIpc) is 2.33. The van der Waals surface area contributed by atoms with Gasteiger partial charge in [-0.3, -0.25) is 0 Å². The maximum absolute atomic E-state index is 5.84. The Bertz CT molecular complexity index is 434. The fraction of sp³-hybridized carbons (Fsp3) is 0.133. The van der Waals surface area contributed by atoms with E-state index in [1.807, 2.05) is 48.5 Å². The minimum absolute atomic E-state index is 0.881. The molecule has 0 atom stereocenters. The van der Waals surface area contributed by atoms with E-state index in [2.05, 4.69) is 19.4 Å². The van der Waals surface area contributed by atoms with E-state index < -0.39 is 0 Å². The summed E-state index contributed by atoms with van der Waals surface area (Å²) in [6, 6.07) is 18.0. The van der Waals surface area contributed by atoms with Crippen molar-refractivity contribution in [1.82, 2.24) is 0 Å². The molecule has 0 heterocycles. The van der Waals surface area contributed by atoms with Crippen molar-refractivity contribution in [2.45, 2.75) is 13.3 Å². The zero-order chi connectivity index (χ0) is 11.2. The molecule has 0 aliphatic rings. The first kappa shape index (κ1) is 10.7. The van der Waals surface area contributed by atoms with Gasteiger partial charge < -0.3 is 4.74 Å². The van der Waals surface area contributed by atoms with Crippen LogP contribution in [0.2, 0.25) is 0 Å². The number of rotatable bonds is 4. The van der Waals surface area contributed by atoms with Crippen molar-refractivity contribution in [3.8, 4) is 11.5 Å². The van der Waals surface area contributed by atoms with Gasteiger partial charge >= 0.3 is 0 Å². The van der Waals surface area contributed by atoms with Gasteiger partial charge in [-0.25, -0.2) is 0 Å². The zero-order valence-corrected chi connectivity index (χ0v) is 9.39. The van der Waals surface area contributed by atoms with Crippen LogP contribution in [0.4, 0.5) is 0 Å². The van der Waals surface area contributed by atoms with Crippen LogP contribution in [0.1, 0.15) is 12.5 Å². The van der Waals surface area contributed by atoms with Gasteiger partial charge in [0.1, 0.15) is 11.5 Å². The molecular weight excluding hydrogens is 196 g/mol. The molecular formula is C15H15O. The summed E-state index contributed by atoms with van der Waals surface area (Å²) in [5.41, 5.74) is 1.22. The van der Waals surface area contributed by atoms with Crippen molar-refractivity contribution in [1.29, 1.82) is 0 Å². The molecule has 2 aromatic rings. The zero-order valence-electron chi connectivity index (χ0n) is 9.39. The lowest BCUT2D eigenvalue weighted by Crippen LogP contribution is -1.91. The molecule has 16 heavy (non-hydrogen) atoms. The van der Waals surface area contributed by atoms with Crippen molar-refractivity contribution in [3.05, 3.63) is 66.6 Å². The van der Waals surface area contributed by atoms with Gasteiger partial charge in [0.05, 0.1) is 0 Å². The molecule has 1 heteroatoms. The molecule has 0 unspecified atom stereocenters. The van der Waals surface area contributed by atoms with E-state index in [0.717, 1.165) is 17.9 Å². The van der Waals surface area contributed by atoms with E-state index in [0.29, 0.717) is 0 Å². The molecule has 0 bridgehead atoms. The highest BCUT2D eigenvalue weighted by atomic mass is 16.5. The van der Waals surface area contributed by atoms with Gasteiger partial charge in [0, 0.05) is 0 Å². The van der Waals surface area contributed by atoms with Crippen LogP contribution < -0.4 is 4.74 Å². The number of benzene rings is 2. The van der Waals surface area contributed by atoms with E-state index in [-0.39, 0.29) is 0 Å². The first-order chi connectivity index (χ1) is 7.90. The van der Waals surface area contributed by atoms with Crippen LogP contribution in [-0.4, -0.2) is 0 Å². The lowest BCUT2D eigenvalue weighted by molar-refractivity contribution is 0.477. The molecule has 0 aliphatic heterocycles. The minimum atomic E-state index is 0.881. The van der Waals surface area contributed by atoms with Gasteiger partial charge in [0.15, 0.2) is 0 Å². The van der Waals surface area contributed by atoms with E-state index in [9.17, 15) is 0 Å². The van der Waals surface area contributed by atoms with Crippen molar-refractivity contribution in [2.24, 2.45) is 0 Å². The second-order valence-corrected chi connectivity index (χ2v) is 3.64. The summed E-state index contributed by atoms with van der Waals surface area (Å²) in [5, 5.41) is 0. The van der Waals surface area contributed by atoms with Crippen LogP contribution in [-0.2, 0) is 6.42 Å². The van der Waals surface area contributed by atoms with Crippen molar-refractivity contribution >= 4 is 0 Å². The lowest BCUT2D eigenvalue weighted by Gasteiger charge is -2.10. The molecule has 0 aliphatic carbocycles. The van der Waals surface area contributed by atoms with Crippen molar-refractivity contribution in [2.75, 3.05) is 0 Å². The number of hydrogen-bond acceptors (Lipinski definition) is 1. The van der Waals surface area contributed by atoms with Gasteiger partial charge in [-0.1, -0.05) is 43.3 Å². The summed E-state index contributed by atoms with van der Waals surface area (Å²) < 4.78 is 5.84. The van der Waals surface area contributed by atoms with Crippen molar-refractivity contribution < 1.29 is 4.74 Å². The summed E-state index contributed by atoms with van der Waals surface area (Å²) in [6.45, 7) is 2.05. The first-order valence-corrected chi connectivity index (χ1v) is 5.49. The topological polar surface area (TPSA) is 9.23 Å². The molecule has 0 fully saturated rings. The molecule has 0 spiro atoms. The Morgan fingerprint density at radius 1 is 0.938 bits per heavy atom. The first-order valence-electron chi connectivity index (χ1n) is 5.49. The third-order valence-electron chi connectivity index (χ3n) is 2.37. The van der Waals surface area contributed by atoms with Crippen LogP contribution in [0.5, 0.6) is 11.5 Å². The summed E-state index contributed by atoms with van der Waals surface area (Å²) in [7, 11) is 0. The molecule has 2 aromatic carbocycles. The molecule has 0 saturated heterocycles. The number of para-hydroxylation sites is 2. The lowest BCUT2D eigenvalue weighted by atomic mass is 10.1. The highest BCUT2D eigenvalue weighted by molar-refractivity contribution is 5.38. The normalized spacial score (nSPS) is 10.1. The van der Waals surface area contributed by atoms with Crippen LogP contribution in [0.15, 0.2) is 54.6 Å². The fourth-order valence-electron chi connectivity index (χ4n) is 1.61. The predicted octanol–water partition coefficient (Wildman–Crippen LogP) is 4.25. The van der Waals surface area contributed by atoms with E-state index in [1.165, 1.54) is 5.56 Å². The average molecular weight is 211 g/mol. The second-order valence-electron chi connectivity index (χ2n) is 3.64. The summed E-state index contributed by atoms with van der Waals surface area (Å²) in [6.07, 6.45) is 3.07. The maximum atomic E-state index is 5.84. The van der Waals surface area contributed by atoms with E-state index in [4.69, 9.17) is 4.74 Å². The van der Waals surface area contributed by atoms with Gasteiger partial charge in [-0.05, 0) is 36.6 Å². The highest BCUT2D eigenvalue weighted by Gasteiger charge is 2.02. The Balaban J connectivity index is 2.21. The fourth-order valence-corrected chi connectivity index (χ4v) is 1.61. The number of hydrogen-bond donors (Lipinski definition) is 0. The molecule has 1 radical (unpaired) electrons. The largest absolute Gasteiger partial charge is 0.457 e. The third kappa shape index (κ3) is 2.63. The maximum Gasteiger partial charge on any atom is 0.130 e. The monoisotopic (exact) mass is 211 g/mol. The Labute approximate surface area is 96.7 Å². The molecule has 0 N–H and O–H groups in total. The summed E-state index contributed by atoms with van der Waals surface area (Å²) in [5.74, 6) is 1.82. The Morgan fingerprint density at radius 2 is 1.62 bits per heavy atom. The molecule has 0 amide bonds. The van der Waals surface area contributed by atoms with Crippen LogP contribution in [0.3, 0.4) is 0 Å². The van der Waals surface area contributed by atoms with Crippen LogP contribution in [0, 0.1) is 6.42 Å². The quantitative estimate of drug-likeness (QED) is 0.734. The van der Waals surface area contributed by atoms with Crippen molar-refractivity contribution in [3.63, 3.8) is 0 Å². The minimum Gasteiger partial charge on any atom is -0.457 e. The molecule has 81 valence electrons.